The molecule has 19 heavy (non-hydrogen) atoms. The van der Waals surface area contributed by atoms with Crippen LogP contribution in [0.4, 0.5) is 0 Å². The van der Waals surface area contributed by atoms with Gasteiger partial charge in [0, 0.05) is 16.4 Å². The molecule has 0 bridgehead atoms. The highest BCUT2D eigenvalue weighted by molar-refractivity contribution is 7.98. The van der Waals surface area contributed by atoms with E-state index in [0.717, 1.165) is 17.7 Å². The van der Waals surface area contributed by atoms with Gasteiger partial charge in [-0.3, -0.25) is 9.59 Å². The van der Waals surface area contributed by atoms with Crippen LogP contribution >= 0.6 is 11.8 Å². The van der Waals surface area contributed by atoms with Gasteiger partial charge in [-0.05, 0) is 37.7 Å². The molecule has 0 aromatic heterocycles. The second-order valence-electron chi connectivity index (χ2n) is 4.99. The Hall–Kier alpha value is -1.29. The third-order valence-electron chi connectivity index (χ3n) is 3.77. The van der Waals surface area contributed by atoms with Crippen molar-refractivity contribution in [1.29, 1.82) is 0 Å². The van der Waals surface area contributed by atoms with Crippen LogP contribution in [-0.2, 0) is 4.79 Å². The molecule has 0 aliphatic heterocycles. The van der Waals surface area contributed by atoms with E-state index in [-0.39, 0.29) is 17.6 Å². The number of rotatable bonds is 4. The van der Waals surface area contributed by atoms with Gasteiger partial charge in [0.15, 0.2) is 5.78 Å². The highest BCUT2D eigenvalue weighted by atomic mass is 32.2. The zero-order valence-corrected chi connectivity index (χ0v) is 11.8. The Morgan fingerprint density at radius 1 is 1.16 bits per heavy atom. The molecule has 4 heteroatoms. The van der Waals surface area contributed by atoms with E-state index >= 15 is 0 Å². The minimum absolute atomic E-state index is 0.0959. The SMILES string of the molecule is CSc1ccc(C(=O)C2CCCC(C(=O)O)C2)cc1. The lowest BCUT2D eigenvalue weighted by atomic mass is 9.78. The molecule has 3 nitrogen and oxygen atoms in total. The first-order valence-corrected chi connectivity index (χ1v) is 7.75. The molecular weight excluding hydrogens is 260 g/mol. The van der Waals surface area contributed by atoms with Crippen molar-refractivity contribution >= 4 is 23.5 Å². The van der Waals surface area contributed by atoms with E-state index < -0.39 is 5.97 Å². The lowest BCUT2D eigenvalue weighted by Crippen LogP contribution is -2.27. The molecule has 2 atom stereocenters. The molecule has 0 radical (unpaired) electrons. The zero-order valence-electron chi connectivity index (χ0n) is 11.0. The van der Waals surface area contributed by atoms with Crippen molar-refractivity contribution in [2.45, 2.75) is 30.6 Å². The molecule has 1 aliphatic carbocycles. The van der Waals surface area contributed by atoms with E-state index in [0.29, 0.717) is 18.4 Å². The fraction of sp³-hybridized carbons (Fsp3) is 0.467. The first-order valence-electron chi connectivity index (χ1n) is 6.53. The standard InChI is InChI=1S/C15H18O3S/c1-19-13-7-5-10(6-8-13)14(16)11-3-2-4-12(9-11)15(17)18/h5-8,11-12H,2-4,9H2,1H3,(H,17,18). The maximum Gasteiger partial charge on any atom is 0.306 e. The Morgan fingerprint density at radius 3 is 2.37 bits per heavy atom. The van der Waals surface area contributed by atoms with E-state index in [9.17, 15) is 9.59 Å². The minimum atomic E-state index is -0.768. The van der Waals surface area contributed by atoms with Crippen molar-refractivity contribution in [2.75, 3.05) is 6.26 Å². The summed E-state index contributed by atoms with van der Waals surface area (Å²) in [5, 5.41) is 9.06. The number of carbonyl (C=O) groups excluding carboxylic acids is 1. The van der Waals surface area contributed by atoms with Crippen molar-refractivity contribution in [3.63, 3.8) is 0 Å². The average Bonchev–Trinajstić information content (AvgIpc) is 2.46. The third-order valence-corrected chi connectivity index (χ3v) is 4.51. The molecule has 1 saturated carbocycles. The molecule has 0 spiro atoms. The molecule has 2 rings (SSSR count). The Kier molecular flexibility index (Phi) is 4.64. The van der Waals surface area contributed by atoms with Gasteiger partial charge in [-0.25, -0.2) is 0 Å². The summed E-state index contributed by atoms with van der Waals surface area (Å²) in [7, 11) is 0. The van der Waals surface area contributed by atoms with Gasteiger partial charge in [0.1, 0.15) is 0 Å². The van der Waals surface area contributed by atoms with E-state index in [2.05, 4.69) is 0 Å². The highest BCUT2D eigenvalue weighted by Gasteiger charge is 2.31. The van der Waals surface area contributed by atoms with Gasteiger partial charge in [-0.2, -0.15) is 0 Å². The van der Waals surface area contributed by atoms with Gasteiger partial charge >= 0.3 is 5.97 Å². The second-order valence-corrected chi connectivity index (χ2v) is 5.87. The predicted molar refractivity (Wildman–Crippen MR) is 75.6 cm³/mol. The maximum absolute atomic E-state index is 12.4. The van der Waals surface area contributed by atoms with Gasteiger partial charge in [-0.15, -0.1) is 11.8 Å². The average molecular weight is 278 g/mol. The summed E-state index contributed by atoms with van der Waals surface area (Å²) in [6, 6.07) is 7.57. The maximum atomic E-state index is 12.4. The number of carboxylic acids is 1. The molecule has 102 valence electrons. The normalized spacial score (nSPS) is 23.0. The first-order chi connectivity index (χ1) is 9.11. The molecule has 2 unspecified atom stereocenters. The smallest absolute Gasteiger partial charge is 0.306 e. The van der Waals surface area contributed by atoms with Crippen LogP contribution in [0.25, 0.3) is 0 Å². The summed E-state index contributed by atoms with van der Waals surface area (Å²) in [5.74, 6) is -1.16. The Morgan fingerprint density at radius 2 is 1.79 bits per heavy atom. The van der Waals surface area contributed by atoms with Gasteiger partial charge in [-0.1, -0.05) is 18.6 Å². The van der Waals surface area contributed by atoms with E-state index in [1.54, 1.807) is 11.8 Å². The summed E-state index contributed by atoms with van der Waals surface area (Å²) in [6.45, 7) is 0. The van der Waals surface area contributed by atoms with Crippen LogP contribution in [0, 0.1) is 11.8 Å². The topological polar surface area (TPSA) is 54.4 Å². The number of benzene rings is 1. The summed E-state index contributed by atoms with van der Waals surface area (Å²) in [5.41, 5.74) is 0.703. The second kappa shape index (κ2) is 6.24. The molecule has 0 amide bonds. The van der Waals surface area contributed by atoms with Crippen LogP contribution < -0.4 is 0 Å². The van der Waals surface area contributed by atoms with Crippen molar-refractivity contribution in [3.8, 4) is 0 Å². The van der Waals surface area contributed by atoms with Crippen LogP contribution in [0.2, 0.25) is 0 Å². The van der Waals surface area contributed by atoms with Crippen LogP contribution in [-0.4, -0.2) is 23.1 Å². The minimum Gasteiger partial charge on any atom is -0.481 e. The molecule has 0 heterocycles. The lowest BCUT2D eigenvalue weighted by molar-refractivity contribution is -0.143. The van der Waals surface area contributed by atoms with Crippen molar-refractivity contribution in [2.24, 2.45) is 11.8 Å². The van der Waals surface area contributed by atoms with Gasteiger partial charge in [0.2, 0.25) is 0 Å². The van der Waals surface area contributed by atoms with E-state index in [1.165, 1.54) is 0 Å². The fourth-order valence-corrected chi connectivity index (χ4v) is 3.05. The molecule has 1 aromatic rings. The van der Waals surface area contributed by atoms with Crippen LogP contribution in [0.5, 0.6) is 0 Å². The Balaban J connectivity index is 2.07. The van der Waals surface area contributed by atoms with Crippen molar-refractivity contribution < 1.29 is 14.7 Å². The largest absolute Gasteiger partial charge is 0.481 e. The number of thioether (sulfide) groups is 1. The summed E-state index contributed by atoms with van der Waals surface area (Å²) in [6.07, 6.45) is 4.82. The third kappa shape index (κ3) is 3.38. The summed E-state index contributed by atoms with van der Waals surface area (Å²) >= 11 is 1.64. The van der Waals surface area contributed by atoms with Crippen LogP contribution in [0.15, 0.2) is 29.2 Å². The molecule has 1 aliphatic rings. The van der Waals surface area contributed by atoms with Gasteiger partial charge in [0.25, 0.3) is 0 Å². The fourth-order valence-electron chi connectivity index (χ4n) is 2.64. The number of hydrogen-bond donors (Lipinski definition) is 1. The summed E-state index contributed by atoms with van der Waals surface area (Å²) in [4.78, 5) is 24.5. The first kappa shape index (κ1) is 14.1. The molecule has 1 aromatic carbocycles. The predicted octanol–water partition coefficient (Wildman–Crippen LogP) is 3.48. The van der Waals surface area contributed by atoms with Crippen LogP contribution in [0.1, 0.15) is 36.0 Å². The van der Waals surface area contributed by atoms with E-state index in [1.807, 2.05) is 30.5 Å². The Labute approximate surface area is 117 Å². The monoisotopic (exact) mass is 278 g/mol. The molecule has 1 N–H and O–H groups in total. The van der Waals surface area contributed by atoms with Gasteiger partial charge in [0.05, 0.1) is 5.92 Å². The summed E-state index contributed by atoms with van der Waals surface area (Å²) < 4.78 is 0. The van der Waals surface area contributed by atoms with Gasteiger partial charge < -0.3 is 5.11 Å². The van der Waals surface area contributed by atoms with Crippen molar-refractivity contribution in [1.82, 2.24) is 0 Å². The number of hydrogen-bond acceptors (Lipinski definition) is 3. The zero-order chi connectivity index (χ0) is 13.8. The number of aliphatic carboxylic acids is 1. The molecule has 0 saturated heterocycles. The molecular formula is C15H18O3S. The number of carboxylic acid groups (broad SMARTS) is 1. The lowest BCUT2D eigenvalue weighted by Gasteiger charge is -2.25. The number of carbonyl (C=O) groups is 2. The van der Waals surface area contributed by atoms with Crippen molar-refractivity contribution in [3.05, 3.63) is 29.8 Å². The number of ketones is 1. The quantitative estimate of drug-likeness (QED) is 0.676. The van der Waals surface area contributed by atoms with Crippen LogP contribution in [0.3, 0.4) is 0 Å². The molecule has 1 fully saturated rings. The van der Waals surface area contributed by atoms with E-state index in [4.69, 9.17) is 5.11 Å². The Bertz CT molecular complexity index is 467. The highest BCUT2D eigenvalue weighted by Crippen LogP contribution is 2.31. The number of Topliss-reactive ketones (excluding diaryl/α,β-unsaturated/α-hetero) is 1.